The Bertz CT molecular complexity index is 206. The van der Waals surface area contributed by atoms with Crippen molar-refractivity contribution in [3.63, 3.8) is 0 Å². The highest BCUT2D eigenvalue weighted by molar-refractivity contribution is 4.92. The van der Waals surface area contributed by atoms with Gasteiger partial charge in [0.2, 0.25) is 0 Å². The lowest BCUT2D eigenvalue weighted by Crippen LogP contribution is -2.42. The summed E-state index contributed by atoms with van der Waals surface area (Å²) < 4.78 is 5.93. The van der Waals surface area contributed by atoms with Gasteiger partial charge in [-0.3, -0.25) is 0 Å². The van der Waals surface area contributed by atoms with Gasteiger partial charge in [0, 0.05) is 0 Å². The van der Waals surface area contributed by atoms with Gasteiger partial charge in [0.1, 0.15) is 0 Å². The molecule has 82 valence electrons. The molecule has 2 atom stereocenters. The van der Waals surface area contributed by atoms with Crippen molar-refractivity contribution in [2.24, 2.45) is 0 Å². The highest BCUT2D eigenvalue weighted by atomic mass is 16.5. The van der Waals surface area contributed by atoms with Crippen molar-refractivity contribution in [3.05, 3.63) is 12.7 Å². The Labute approximate surface area is 87.0 Å². The second-order valence-corrected chi connectivity index (χ2v) is 5.10. The minimum Gasteiger partial charge on any atom is -0.387 e. The van der Waals surface area contributed by atoms with Crippen LogP contribution in [0.3, 0.4) is 0 Å². The molecular formula is C12H22O2. The van der Waals surface area contributed by atoms with Crippen molar-refractivity contribution in [1.82, 2.24) is 0 Å². The molecular weight excluding hydrogens is 176 g/mol. The Balaban J connectivity index is 2.77. The highest BCUT2D eigenvalue weighted by Crippen LogP contribution is 2.34. The molecule has 1 heterocycles. The van der Waals surface area contributed by atoms with Gasteiger partial charge in [0.15, 0.2) is 0 Å². The molecule has 1 aliphatic rings. The van der Waals surface area contributed by atoms with Crippen LogP contribution in [0, 0.1) is 0 Å². The van der Waals surface area contributed by atoms with Crippen LogP contribution >= 0.6 is 0 Å². The van der Waals surface area contributed by atoms with E-state index in [1.165, 1.54) is 0 Å². The van der Waals surface area contributed by atoms with Gasteiger partial charge in [-0.15, -0.1) is 6.58 Å². The molecule has 1 saturated heterocycles. The summed E-state index contributed by atoms with van der Waals surface area (Å²) in [6.45, 7) is 9.75. The van der Waals surface area contributed by atoms with Gasteiger partial charge in [-0.1, -0.05) is 6.08 Å². The van der Waals surface area contributed by atoms with Crippen LogP contribution in [0.5, 0.6) is 0 Å². The molecule has 1 fully saturated rings. The van der Waals surface area contributed by atoms with E-state index >= 15 is 0 Å². The number of hydrogen-bond acceptors (Lipinski definition) is 2. The van der Waals surface area contributed by atoms with Crippen LogP contribution in [0.25, 0.3) is 0 Å². The highest BCUT2D eigenvalue weighted by Gasteiger charge is 2.38. The zero-order valence-corrected chi connectivity index (χ0v) is 9.55. The fraction of sp³-hybridized carbons (Fsp3) is 0.833. The number of ether oxygens (including phenoxy) is 1. The molecule has 0 amide bonds. The summed E-state index contributed by atoms with van der Waals surface area (Å²) in [6.07, 6.45) is 5.27. The molecule has 0 aromatic rings. The monoisotopic (exact) mass is 198 g/mol. The lowest BCUT2D eigenvalue weighted by atomic mass is 9.91. The molecule has 0 saturated carbocycles. The predicted octanol–water partition coefficient (Wildman–Crippen LogP) is 2.66. The molecule has 2 heteroatoms. The number of rotatable bonds is 2. The first kappa shape index (κ1) is 11.7. The minimum absolute atomic E-state index is 0.113. The third-order valence-corrected chi connectivity index (χ3v) is 3.00. The zero-order valence-electron chi connectivity index (χ0n) is 9.55. The van der Waals surface area contributed by atoms with E-state index in [4.69, 9.17) is 4.74 Å². The van der Waals surface area contributed by atoms with Gasteiger partial charge in [0.25, 0.3) is 0 Å². The number of hydrogen-bond donors (Lipinski definition) is 1. The lowest BCUT2D eigenvalue weighted by molar-refractivity contribution is -0.142. The van der Waals surface area contributed by atoms with Crippen LogP contribution in [0.15, 0.2) is 12.7 Å². The smallest absolute Gasteiger partial charge is 0.0900 e. The molecule has 14 heavy (non-hydrogen) atoms. The first-order chi connectivity index (χ1) is 6.37. The third-order valence-electron chi connectivity index (χ3n) is 3.00. The summed E-state index contributed by atoms with van der Waals surface area (Å²) in [4.78, 5) is 0. The molecule has 0 bridgehead atoms. The molecule has 2 nitrogen and oxygen atoms in total. The summed E-state index contributed by atoms with van der Waals surface area (Å²) in [5.74, 6) is 0. The molecule has 0 aromatic heterocycles. The Hall–Kier alpha value is -0.340. The maximum atomic E-state index is 10.2. The van der Waals surface area contributed by atoms with Crippen molar-refractivity contribution in [2.45, 2.75) is 63.8 Å². The second kappa shape index (κ2) is 4.03. The van der Waals surface area contributed by atoms with Gasteiger partial charge in [0.05, 0.1) is 17.3 Å². The molecule has 0 unspecified atom stereocenters. The number of aliphatic hydroxyl groups is 1. The minimum atomic E-state index is -0.706. The van der Waals surface area contributed by atoms with Gasteiger partial charge < -0.3 is 9.84 Å². The summed E-state index contributed by atoms with van der Waals surface area (Å²) >= 11 is 0. The quantitative estimate of drug-likeness (QED) is 0.691. The van der Waals surface area contributed by atoms with Crippen LogP contribution in [-0.2, 0) is 4.74 Å². The van der Waals surface area contributed by atoms with E-state index in [1.807, 2.05) is 13.0 Å². The summed E-state index contributed by atoms with van der Waals surface area (Å²) in [5.41, 5.74) is -0.823. The van der Waals surface area contributed by atoms with Crippen molar-refractivity contribution < 1.29 is 9.84 Å². The van der Waals surface area contributed by atoms with Crippen LogP contribution < -0.4 is 0 Å². The lowest BCUT2D eigenvalue weighted by Gasteiger charge is -2.34. The summed E-state index contributed by atoms with van der Waals surface area (Å²) in [6, 6.07) is 0. The van der Waals surface area contributed by atoms with Gasteiger partial charge in [-0.25, -0.2) is 0 Å². The van der Waals surface area contributed by atoms with E-state index in [9.17, 15) is 5.11 Å². The van der Waals surface area contributed by atoms with Gasteiger partial charge in [-0.2, -0.15) is 0 Å². The Kier molecular flexibility index (Phi) is 3.38. The van der Waals surface area contributed by atoms with E-state index in [0.29, 0.717) is 0 Å². The fourth-order valence-corrected chi connectivity index (χ4v) is 2.06. The van der Waals surface area contributed by atoms with E-state index in [0.717, 1.165) is 25.7 Å². The van der Waals surface area contributed by atoms with Crippen molar-refractivity contribution >= 4 is 0 Å². The fourth-order valence-electron chi connectivity index (χ4n) is 2.06. The molecule has 0 spiro atoms. The van der Waals surface area contributed by atoms with Crippen molar-refractivity contribution in [2.75, 3.05) is 0 Å². The van der Waals surface area contributed by atoms with Crippen LogP contribution in [0.2, 0.25) is 0 Å². The Morgan fingerprint density at radius 2 is 2.07 bits per heavy atom. The van der Waals surface area contributed by atoms with E-state index in [1.54, 1.807) is 0 Å². The van der Waals surface area contributed by atoms with E-state index in [2.05, 4.69) is 20.4 Å². The topological polar surface area (TPSA) is 29.5 Å². The van der Waals surface area contributed by atoms with E-state index < -0.39 is 5.60 Å². The normalized spacial score (nSPS) is 37.6. The Morgan fingerprint density at radius 3 is 2.64 bits per heavy atom. The van der Waals surface area contributed by atoms with Crippen LogP contribution in [0.4, 0.5) is 0 Å². The first-order valence-electron chi connectivity index (χ1n) is 5.38. The van der Waals surface area contributed by atoms with Crippen LogP contribution in [-0.4, -0.2) is 22.4 Å². The molecule has 1 aliphatic heterocycles. The van der Waals surface area contributed by atoms with Crippen molar-refractivity contribution in [1.29, 1.82) is 0 Å². The maximum absolute atomic E-state index is 10.2. The largest absolute Gasteiger partial charge is 0.387 e. The van der Waals surface area contributed by atoms with Crippen LogP contribution in [0.1, 0.15) is 46.5 Å². The molecule has 0 aliphatic carbocycles. The van der Waals surface area contributed by atoms with E-state index in [-0.39, 0.29) is 11.7 Å². The zero-order chi connectivity index (χ0) is 10.8. The average Bonchev–Trinajstić information content (AvgIpc) is 2.10. The van der Waals surface area contributed by atoms with Gasteiger partial charge >= 0.3 is 0 Å². The SMILES string of the molecule is C=CC[C@@H]1OC(C)(C)CCC[C@@]1(C)O. The average molecular weight is 198 g/mol. The van der Waals surface area contributed by atoms with Crippen molar-refractivity contribution in [3.8, 4) is 0 Å². The summed E-state index contributed by atoms with van der Waals surface area (Å²) in [7, 11) is 0. The molecule has 0 radical (unpaired) electrons. The second-order valence-electron chi connectivity index (χ2n) is 5.10. The third kappa shape index (κ3) is 2.82. The predicted molar refractivity (Wildman–Crippen MR) is 58.2 cm³/mol. The first-order valence-corrected chi connectivity index (χ1v) is 5.38. The Morgan fingerprint density at radius 1 is 1.43 bits per heavy atom. The van der Waals surface area contributed by atoms with Gasteiger partial charge in [-0.05, 0) is 46.5 Å². The molecule has 1 rings (SSSR count). The maximum Gasteiger partial charge on any atom is 0.0900 e. The molecule has 1 N–H and O–H groups in total. The standard InChI is InChI=1S/C12H22O2/c1-5-7-10-12(4,13)9-6-8-11(2,3)14-10/h5,10,13H,1,6-9H2,2-4H3/t10-,12+/m0/s1. The molecule has 0 aromatic carbocycles. The summed E-state index contributed by atoms with van der Waals surface area (Å²) in [5, 5.41) is 10.2.